The highest BCUT2D eigenvalue weighted by atomic mass is 16.3. The first-order chi connectivity index (χ1) is 23.3. The first-order valence-corrected chi connectivity index (χ1v) is 16.5. The lowest BCUT2D eigenvalue weighted by Crippen LogP contribution is -1.99. The normalized spacial score (nSPS) is 12.8. The van der Waals surface area contributed by atoms with Gasteiger partial charge < -0.3 is 8.98 Å². The van der Waals surface area contributed by atoms with E-state index in [1.807, 2.05) is 0 Å². The Morgan fingerprint density at radius 2 is 1.06 bits per heavy atom. The smallest absolute Gasteiger partial charge is 0.135 e. The molecule has 1 aliphatic carbocycles. The number of furan rings is 1. The molecule has 0 atom stereocenters. The van der Waals surface area contributed by atoms with Gasteiger partial charge >= 0.3 is 0 Å². The number of aromatic nitrogens is 1. The molecule has 2 heterocycles. The van der Waals surface area contributed by atoms with Crippen LogP contribution in [-0.2, 0) is 6.42 Å². The maximum atomic E-state index is 6.36. The molecule has 0 saturated carbocycles. The van der Waals surface area contributed by atoms with Crippen molar-refractivity contribution in [3.05, 3.63) is 174 Å². The zero-order valence-electron chi connectivity index (χ0n) is 25.9. The molecule has 2 nitrogen and oxygen atoms in total. The summed E-state index contributed by atoms with van der Waals surface area (Å²) in [4.78, 5) is 0. The Hall–Kier alpha value is -5.86. The van der Waals surface area contributed by atoms with Crippen molar-refractivity contribution in [2.24, 2.45) is 0 Å². The molecule has 0 spiro atoms. The van der Waals surface area contributed by atoms with Gasteiger partial charge in [-0.05, 0) is 94.3 Å². The Morgan fingerprint density at radius 3 is 1.79 bits per heavy atom. The first-order valence-electron chi connectivity index (χ1n) is 16.5. The van der Waals surface area contributed by atoms with Crippen LogP contribution in [0.3, 0.4) is 0 Å². The van der Waals surface area contributed by atoms with E-state index in [1.54, 1.807) is 0 Å². The van der Waals surface area contributed by atoms with Crippen molar-refractivity contribution in [3.8, 4) is 27.9 Å². The topological polar surface area (TPSA) is 18.1 Å². The highest BCUT2D eigenvalue weighted by Crippen LogP contribution is 2.46. The third kappa shape index (κ3) is 4.11. The second kappa shape index (κ2) is 10.3. The lowest BCUT2D eigenvalue weighted by Gasteiger charge is -2.14. The van der Waals surface area contributed by atoms with Crippen LogP contribution in [0.15, 0.2) is 162 Å². The number of benzene rings is 7. The van der Waals surface area contributed by atoms with Gasteiger partial charge in [-0.25, -0.2) is 0 Å². The lowest BCUT2D eigenvalue weighted by atomic mass is 9.90. The largest absolute Gasteiger partial charge is 0.456 e. The zero-order chi connectivity index (χ0) is 30.9. The standard InChI is InChI=1S/C45H31NO/c1-3-14-35-33(12-1)34-13-2-4-15-36(34)37(35)23-20-29-10-9-11-30(26-29)31-21-24-44-40(27-31)41-28-32(22-25-45(41)47-44)46-42-18-7-5-16-38(42)39-17-6-8-19-43(39)46/h1-19,21-22,24-28,37H,20,23H2. The van der Waals surface area contributed by atoms with Crippen molar-refractivity contribution >= 4 is 43.7 Å². The molecule has 2 heteroatoms. The SMILES string of the molecule is c1cc(CCC2c3ccccc3-c3ccccc32)cc(-c2ccc3oc4ccc(-n5c6ccccc6c6ccccc65)cc4c3c2)c1. The molecule has 1 aliphatic rings. The van der Waals surface area contributed by atoms with Crippen molar-refractivity contribution < 1.29 is 4.42 Å². The third-order valence-electron chi connectivity index (χ3n) is 10.2. The lowest BCUT2D eigenvalue weighted by molar-refractivity contribution is 0.669. The maximum absolute atomic E-state index is 6.36. The van der Waals surface area contributed by atoms with E-state index in [-0.39, 0.29) is 0 Å². The van der Waals surface area contributed by atoms with Gasteiger partial charge in [-0.2, -0.15) is 0 Å². The van der Waals surface area contributed by atoms with Crippen LogP contribution in [-0.4, -0.2) is 4.57 Å². The predicted molar refractivity (Wildman–Crippen MR) is 196 cm³/mol. The van der Waals surface area contributed by atoms with Gasteiger partial charge in [0.05, 0.1) is 11.0 Å². The number of nitrogens with zero attached hydrogens (tertiary/aromatic N) is 1. The molecule has 0 aliphatic heterocycles. The van der Waals surface area contributed by atoms with Gasteiger partial charge in [0.2, 0.25) is 0 Å². The van der Waals surface area contributed by atoms with Gasteiger partial charge in [-0.15, -0.1) is 0 Å². The Balaban J connectivity index is 1.01. The summed E-state index contributed by atoms with van der Waals surface area (Å²) >= 11 is 0. The van der Waals surface area contributed by atoms with E-state index in [9.17, 15) is 0 Å². The molecule has 47 heavy (non-hydrogen) atoms. The fourth-order valence-corrected chi connectivity index (χ4v) is 8.07. The van der Waals surface area contributed by atoms with Gasteiger partial charge in [-0.1, -0.05) is 115 Å². The number of hydrogen-bond acceptors (Lipinski definition) is 1. The van der Waals surface area contributed by atoms with Crippen molar-refractivity contribution in [1.29, 1.82) is 0 Å². The minimum absolute atomic E-state index is 0.434. The van der Waals surface area contributed by atoms with E-state index in [4.69, 9.17) is 4.42 Å². The molecular weight excluding hydrogens is 571 g/mol. The van der Waals surface area contributed by atoms with Crippen molar-refractivity contribution in [2.45, 2.75) is 18.8 Å². The maximum Gasteiger partial charge on any atom is 0.135 e. The quantitative estimate of drug-likeness (QED) is 0.192. The van der Waals surface area contributed by atoms with E-state index in [1.165, 1.54) is 60.8 Å². The van der Waals surface area contributed by atoms with E-state index in [0.29, 0.717) is 5.92 Å². The average molecular weight is 602 g/mol. The summed E-state index contributed by atoms with van der Waals surface area (Å²) in [5.41, 5.74) is 14.9. The van der Waals surface area contributed by atoms with Crippen LogP contribution in [0.25, 0.3) is 71.7 Å². The molecule has 10 rings (SSSR count). The van der Waals surface area contributed by atoms with Crippen molar-refractivity contribution in [2.75, 3.05) is 0 Å². The highest BCUT2D eigenvalue weighted by Gasteiger charge is 2.27. The van der Waals surface area contributed by atoms with Crippen LogP contribution in [0.2, 0.25) is 0 Å². The minimum atomic E-state index is 0.434. The first kappa shape index (κ1) is 26.4. The highest BCUT2D eigenvalue weighted by molar-refractivity contribution is 6.11. The molecule has 0 N–H and O–H groups in total. The number of para-hydroxylation sites is 2. The number of fused-ring (bicyclic) bond motifs is 9. The molecule has 2 aromatic heterocycles. The number of hydrogen-bond donors (Lipinski definition) is 0. The number of aryl methyl sites for hydroxylation is 1. The predicted octanol–water partition coefficient (Wildman–Crippen LogP) is 12.1. The Labute approximate surface area is 273 Å². The van der Waals surface area contributed by atoms with Crippen LogP contribution in [0.1, 0.15) is 29.0 Å². The van der Waals surface area contributed by atoms with Crippen molar-refractivity contribution in [3.63, 3.8) is 0 Å². The molecule has 0 unspecified atom stereocenters. The molecule has 222 valence electrons. The summed E-state index contributed by atoms with van der Waals surface area (Å²) in [7, 11) is 0. The summed E-state index contributed by atoms with van der Waals surface area (Å²) in [5.74, 6) is 0.434. The van der Waals surface area contributed by atoms with Gasteiger partial charge in [-0.3, -0.25) is 0 Å². The summed E-state index contributed by atoms with van der Waals surface area (Å²) in [5, 5.41) is 4.81. The number of rotatable bonds is 5. The van der Waals surface area contributed by atoms with Crippen LogP contribution in [0.4, 0.5) is 0 Å². The zero-order valence-corrected chi connectivity index (χ0v) is 25.9. The summed E-state index contributed by atoms with van der Waals surface area (Å²) < 4.78 is 8.73. The fraction of sp³-hybridized carbons (Fsp3) is 0.0667. The fourth-order valence-electron chi connectivity index (χ4n) is 8.07. The molecule has 0 bridgehead atoms. The molecule has 0 saturated heterocycles. The van der Waals surface area contributed by atoms with Crippen LogP contribution < -0.4 is 0 Å². The molecule has 9 aromatic rings. The van der Waals surface area contributed by atoms with Gasteiger partial charge in [0, 0.05) is 33.2 Å². The molecular formula is C45H31NO. The second-order valence-electron chi connectivity index (χ2n) is 12.8. The van der Waals surface area contributed by atoms with Crippen LogP contribution >= 0.6 is 0 Å². The monoisotopic (exact) mass is 601 g/mol. The van der Waals surface area contributed by atoms with Crippen LogP contribution in [0.5, 0.6) is 0 Å². The van der Waals surface area contributed by atoms with Gasteiger partial charge in [0.1, 0.15) is 11.2 Å². The molecule has 0 fully saturated rings. The van der Waals surface area contributed by atoms with E-state index >= 15 is 0 Å². The third-order valence-corrected chi connectivity index (χ3v) is 10.2. The van der Waals surface area contributed by atoms with E-state index in [0.717, 1.165) is 40.5 Å². The van der Waals surface area contributed by atoms with Gasteiger partial charge in [0.15, 0.2) is 0 Å². The Kier molecular flexibility index (Phi) is 5.80. The molecule has 7 aromatic carbocycles. The summed E-state index contributed by atoms with van der Waals surface area (Å²) in [6.45, 7) is 0. The van der Waals surface area contributed by atoms with Crippen LogP contribution in [0, 0.1) is 0 Å². The Morgan fingerprint density at radius 1 is 0.468 bits per heavy atom. The Bertz CT molecular complexity index is 2550. The van der Waals surface area contributed by atoms with Gasteiger partial charge in [0.25, 0.3) is 0 Å². The summed E-state index contributed by atoms with van der Waals surface area (Å²) in [6, 6.07) is 57.5. The summed E-state index contributed by atoms with van der Waals surface area (Å²) in [6.07, 6.45) is 2.12. The van der Waals surface area contributed by atoms with E-state index in [2.05, 4.69) is 162 Å². The van der Waals surface area contributed by atoms with Crippen molar-refractivity contribution in [1.82, 2.24) is 4.57 Å². The minimum Gasteiger partial charge on any atom is -0.456 e. The van der Waals surface area contributed by atoms with E-state index < -0.39 is 0 Å². The molecule has 0 amide bonds. The average Bonchev–Trinajstić information content (AvgIpc) is 3.78. The second-order valence-corrected chi connectivity index (χ2v) is 12.8. The molecule has 0 radical (unpaired) electrons.